The van der Waals surface area contributed by atoms with E-state index in [0.29, 0.717) is 6.61 Å². The lowest BCUT2D eigenvalue weighted by Gasteiger charge is -2.45. The van der Waals surface area contributed by atoms with E-state index in [1.165, 1.54) is 0 Å². The van der Waals surface area contributed by atoms with Gasteiger partial charge in [-0.2, -0.15) is 0 Å². The molecule has 3 aliphatic heterocycles. The number of allylic oxidation sites excluding steroid dienone is 1. The maximum absolute atomic E-state index is 11.7. The molecular formula is C10H14NO3-. The molecule has 3 heterocycles. The first-order valence-electron chi connectivity index (χ1n) is 5.07. The summed E-state index contributed by atoms with van der Waals surface area (Å²) in [6, 6.07) is 0. The van der Waals surface area contributed by atoms with Crippen molar-refractivity contribution in [2.24, 2.45) is 5.92 Å². The highest BCUT2D eigenvalue weighted by atomic mass is 16.5. The van der Waals surface area contributed by atoms with Crippen molar-refractivity contribution >= 4 is 5.97 Å². The Hall–Kier alpha value is -1.19. The van der Waals surface area contributed by atoms with Gasteiger partial charge in [0.1, 0.15) is 5.70 Å². The predicted octanol–water partition coefficient (Wildman–Crippen LogP) is -0.153. The smallest absolute Gasteiger partial charge is 0.353 e. The van der Waals surface area contributed by atoms with E-state index in [4.69, 9.17) is 4.74 Å². The largest absolute Gasteiger partial charge is 0.874 e. The molecule has 3 rings (SSSR count). The Kier molecular flexibility index (Phi) is 2.35. The average molecular weight is 196 g/mol. The fraction of sp³-hybridized carbons (Fsp3) is 0.700. The average Bonchev–Trinajstić information content (AvgIpc) is 2.19. The fourth-order valence-electron chi connectivity index (χ4n) is 2.14. The number of fused-ring (bicyclic) bond motifs is 2. The zero-order valence-corrected chi connectivity index (χ0v) is 8.28. The quantitative estimate of drug-likeness (QED) is 0.576. The lowest BCUT2D eigenvalue weighted by Crippen LogP contribution is -2.46. The summed E-state index contributed by atoms with van der Waals surface area (Å²) in [7, 11) is 0. The van der Waals surface area contributed by atoms with Gasteiger partial charge in [0.25, 0.3) is 0 Å². The van der Waals surface area contributed by atoms with Crippen molar-refractivity contribution in [2.75, 3.05) is 19.7 Å². The third kappa shape index (κ3) is 1.35. The van der Waals surface area contributed by atoms with E-state index >= 15 is 0 Å². The first kappa shape index (κ1) is 9.37. The summed E-state index contributed by atoms with van der Waals surface area (Å²) in [5.74, 6) is -0.387. The molecule has 0 aromatic rings. The number of piperidine rings is 1. The van der Waals surface area contributed by atoms with E-state index in [0.717, 1.165) is 25.9 Å². The molecule has 1 fully saturated rings. The monoisotopic (exact) mass is 196 g/mol. The second-order valence-corrected chi connectivity index (χ2v) is 3.69. The molecular weight excluding hydrogens is 182 g/mol. The van der Waals surface area contributed by atoms with Gasteiger partial charge < -0.3 is 14.7 Å². The third-order valence-corrected chi connectivity index (χ3v) is 2.88. The third-order valence-electron chi connectivity index (χ3n) is 2.88. The minimum atomic E-state index is -0.443. The van der Waals surface area contributed by atoms with Crippen molar-refractivity contribution in [2.45, 2.75) is 19.8 Å². The molecule has 78 valence electrons. The first-order valence-corrected chi connectivity index (χ1v) is 5.07. The van der Waals surface area contributed by atoms with Gasteiger partial charge in [0.05, 0.1) is 6.61 Å². The van der Waals surface area contributed by atoms with Crippen molar-refractivity contribution in [3.05, 3.63) is 11.5 Å². The Bertz CT molecular complexity index is 277. The molecule has 1 saturated heterocycles. The Labute approximate surface area is 83.2 Å². The molecule has 14 heavy (non-hydrogen) atoms. The van der Waals surface area contributed by atoms with Crippen LogP contribution in [0.1, 0.15) is 19.8 Å². The molecule has 0 aliphatic carbocycles. The molecule has 0 aromatic heterocycles. The van der Waals surface area contributed by atoms with Crippen molar-refractivity contribution in [3.8, 4) is 0 Å². The van der Waals surface area contributed by atoms with Gasteiger partial charge in [-0.15, -0.1) is 0 Å². The van der Waals surface area contributed by atoms with Gasteiger partial charge >= 0.3 is 5.97 Å². The number of nitrogens with zero attached hydrogens (tertiary/aromatic N) is 1. The molecule has 0 spiro atoms. The fourth-order valence-corrected chi connectivity index (χ4v) is 2.14. The summed E-state index contributed by atoms with van der Waals surface area (Å²) in [6.45, 7) is 3.72. The molecule has 0 saturated carbocycles. The van der Waals surface area contributed by atoms with Crippen LogP contribution >= 0.6 is 0 Å². The van der Waals surface area contributed by atoms with Crippen LogP contribution in [0.2, 0.25) is 0 Å². The van der Waals surface area contributed by atoms with Crippen LogP contribution in [0, 0.1) is 5.92 Å². The van der Waals surface area contributed by atoms with Crippen molar-refractivity contribution in [1.29, 1.82) is 0 Å². The normalized spacial score (nSPS) is 21.6. The summed E-state index contributed by atoms with van der Waals surface area (Å²) in [6.07, 6.45) is 1.78. The van der Waals surface area contributed by atoms with Gasteiger partial charge in [-0.25, -0.2) is 4.79 Å². The molecule has 4 nitrogen and oxygen atoms in total. The van der Waals surface area contributed by atoms with E-state index in [-0.39, 0.29) is 17.4 Å². The van der Waals surface area contributed by atoms with Gasteiger partial charge in [-0.1, -0.05) is 5.76 Å². The van der Waals surface area contributed by atoms with Gasteiger partial charge in [0, 0.05) is 13.1 Å². The van der Waals surface area contributed by atoms with Crippen LogP contribution in [-0.2, 0) is 9.53 Å². The van der Waals surface area contributed by atoms with Crippen molar-refractivity contribution in [3.63, 3.8) is 0 Å². The molecule has 3 aliphatic rings. The van der Waals surface area contributed by atoms with Crippen LogP contribution in [0.25, 0.3) is 0 Å². The Morgan fingerprint density at radius 2 is 2.21 bits per heavy atom. The summed E-state index contributed by atoms with van der Waals surface area (Å²) in [5.41, 5.74) is 0.286. The summed E-state index contributed by atoms with van der Waals surface area (Å²) in [4.78, 5) is 13.3. The summed E-state index contributed by atoms with van der Waals surface area (Å²) in [5, 5.41) is 11.7. The highest BCUT2D eigenvalue weighted by Crippen LogP contribution is 2.33. The zero-order chi connectivity index (χ0) is 10.1. The highest BCUT2D eigenvalue weighted by Gasteiger charge is 2.32. The molecule has 0 aromatic carbocycles. The molecule has 4 heteroatoms. The summed E-state index contributed by atoms with van der Waals surface area (Å²) < 4.78 is 4.87. The second kappa shape index (κ2) is 3.52. The van der Waals surface area contributed by atoms with Gasteiger partial charge in [0.15, 0.2) is 0 Å². The highest BCUT2D eigenvalue weighted by molar-refractivity contribution is 5.88. The number of hydrogen-bond acceptors (Lipinski definition) is 4. The Morgan fingerprint density at radius 3 is 2.71 bits per heavy atom. The van der Waals surface area contributed by atoms with E-state index in [1.807, 2.05) is 4.90 Å². The molecule has 0 N–H and O–H groups in total. The van der Waals surface area contributed by atoms with Crippen LogP contribution in [-0.4, -0.2) is 30.6 Å². The standard InChI is InChI=1S/C10H15NO3/c1-2-14-10(13)8-9(12)7-3-5-11(8)6-4-7/h7,12H,2-6H2,1H3/p-1. The number of rotatable bonds is 2. The first-order chi connectivity index (χ1) is 6.74. The van der Waals surface area contributed by atoms with E-state index in [1.54, 1.807) is 6.92 Å². The van der Waals surface area contributed by atoms with Crippen LogP contribution in [0.4, 0.5) is 0 Å². The molecule has 0 unspecified atom stereocenters. The van der Waals surface area contributed by atoms with Crippen LogP contribution < -0.4 is 5.11 Å². The lowest BCUT2D eigenvalue weighted by atomic mass is 9.88. The molecule has 0 amide bonds. The number of hydrogen-bond donors (Lipinski definition) is 0. The van der Waals surface area contributed by atoms with E-state index < -0.39 is 5.97 Å². The number of esters is 1. The molecule has 0 radical (unpaired) electrons. The zero-order valence-electron chi connectivity index (χ0n) is 8.28. The van der Waals surface area contributed by atoms with Crippen LogP contribution in [0.15, 0.2) is 11.5 Å². The topological polar surface area (TPSA) is 52.6 Å². The second-order valence-electron chi connectivity index (χ2n) is 3.69. The minimum absolute atomic E-state index is 0.0130. The lowest BCUT2D eigenvalue weighted by molar-refractivity contribution is -0.324. The Morgan fingerprint density at radius 1 is 1.57 bits per heavy atom. The molecule has 0 atom stereocenters. The molecule has 2 bridgehead atoms. The number of ether oxygens (including phenoxy) is 1. The maximum Gasteiger partial charge on any atom is 0.353 e. The predicted molar refractivity (Wildman–Crippen MR) is 48.0 cm³/mol. The van der Waals surface area contributed by atoms with Gasteiger partial charge in [-0.05, 0) is 25.7 Å². The number of carbonyl (C=O) groups is 1. The van der Waals surface area contributed by atoms with Crippen LogP contribution in [0.3, 0.4) is 0 Å². The maximum atomic E-state index is 11.7. The van der Waals surface area contributed by atoms with Crippen LogP contribution in [0.5, 0.6) is 0 Å². The van der Waals surface area contributed by atoms with Gasteiger partial charge in [-0.3, -0.25) is 0 Å². The van der Waals surface area contributed by atoms with E-state index in [9.17, 15) is 9.90 Å². The number of carbonyl (C=O) groups excluding carboxylic acids is 1. The Balaban J connectivity index is 2.23. The SMILES string of the molecule is CCOC(=O)C1=C([O-])C2CCN1CC2. The van der Waals surface area contributed by atoms with E-state index in [2.05, 4.69) is 0 Å². The van der Waals surface area contributed by atoms with Crippen molar-refractivity contribution < 1.29 is 14.6 Å². The van der Waals surface area contributed by atoms with Gasteiger partial charge in [0.2, 0.25) is 0 Å². The van der Waals surface area contributed by atoms with Crippen molar-refractivity contribution in [1.82, 2.24) is 4.90 Å². The summed E-state index contributed by atoms with van der Waals surface area (Å²) >= 11 is 0. The minimum Gasteiger partial charge on any atom is -0.874 e.